The van der Waals surface area contributed by atoms with Gasteiger partial charge in [0, 0.05) is 67.8 Å². The van der Waals surface area contributed by atoms with E-state index in [1.165, 1.54) is 0 Å². The zero-order valence-electron chi connectivity index (χ0n) is 36.4. The van der Waals surface area contributed by atoms with Crippen LogP contribution in [-0.2, 0) is 32.7 Å². The van der Waals surface area contributed by atoms with Gasteiger partial charge in [0.15, 0.2) is 0 Å². The summed E-state index contributed by atoms with van der Waals surface area (Å²) in [6.45, 7) is 11.6. The van der Waals surface area contributed by atoms with Crippen molar-refractivity contribution >= 4 is 78.6 Å². The minimum Gasteiger partial charge on any atom is -0.491 e. The van der Waals surface area contributed by atoms with Gasteiger partial charge in [-0.15, -0.1) is 0 Å². The number of hydrogen-bond donors (Lipinski definition) is 6. The fraction of sp³-hybridized carbons (Fsp3) is 0.537. The highest BCUT2D eigenvalue weighted by Gasteiger charge is 2.50. The smallest absolute Gasteiger partial charge is 0.491 e. The predicted octanol–water partition coefficient (Wildman–Crippen LogP) is 2.24. The van der Waals surface area contributed by atoms with E-state index in [9.17, 15) is 20.1 Å². The van der Waals surface area contributed by atoms with Crippen molar-refractivity contribution in [1.29, 1.82) is 0 Å². The molecule has 6 atom stereocenters. The van der Waals surface area contributed by atoms with Crippen molar-refractivity contribution in [2.75, 3.05) is 59.3 Å². The third kappa shape index (κ3) is 10.1. The van der Waals surface area contributed by atoms with E-state index in [2.05, 4.69) is 5.32 Å². The Labute approximate surface area is 387 Å². The van der Waals surface area contributed by atoms with Crippen molar-refractivity contribution in [2.24, 2.45) is 11.5 Å². The van der Waals surface area contributed by atoms with Gasteiger partial charge in [0.25, 0.3) is 0 Å². The van der Waals surface area contributed by atoms with Crippen LogP contribution in [0, 0.1) is 0 Å². The van der Waals surface area contributed by atoms with Crippen LogP contribution in [0.2, 0.25) is 15.1 Å². The van der Waals surface area contributed by atoms with Crippen LogP contribution in [-0.4, -0.2) is 124 Å². The number of benzene rings is 3. The van der Waals surface area contributed by atoms with E-state index >= 15 is 0 Å². The monoisotopic (exact) mass is 949 g/mol. The summed E-state index contributed by atoms with van der Waals surface area (Å²) in [6, 6.07) is 10.6. The quantitative estimate of drug-likeness (QED) is 0.187. The summed E-state index contributed by atoms with van der Waals surface area (Å²) in [7, 11) is -1.93. The van der Waals surface area contributed by atoms with E-state index in [1.807, 2.05) is 0 Å². The molecule has 3 aromatic rings. The Morgan fingerprint density at radius 3 is 1.30 bits per heavy atom. The normalized spacial score (nSPS) is 27.1. The maximum atomic E-state index is 11.9. The zero-order valence-corrected chi connectivity index (χ0v) is 38.7. The second kappa shape index (κ2) is 19.3. The fourth-order valence-electron chi connectivity index (χ4n) is 7.78. The van der Waals surface area contributed by atoms with Gasteiger partial charge >= 0.3 is 27.4 Å². The average molecular weight is 951 g/mol. The Morgan fingerprint density at radius 2 is 0.984 bits per heavy atom. The standard InChI is InChI=1S/C17H23BClNO6.2C12H15BClNO4/c1-16(2,3)24-15(22)20-7-12-13-10(19)5-6-11-14(13)18(25-12)26-17(4,8-21)9-23-11;2*1-12(5-16)6-17-8-3-2-7(14)10-9(4-15)18-13(19-12)11(8)10/h5-6,12,21H,7-9H2,1-4H3,(H,20,22);2*2-3,9,16H,4-6,15H2,1H3/t;9-,12+;9-,12-/m.11/s1. The van der Waals surface area contributed by atoms with Gasteiger partial charge in [-0.25, -0.2) is 4.79 Å². The number of nitrogens with one attached hydrogen (secondary N) is 1. The molecule has 6 aliphatic heterocycles. The van der Waals surface area contributed by atoms with Crippen molar-refractivity contribution in [3.63, 3.8) is 0 Å². The van der Waals surface area contributed by atoms with Crippen LogP contribution in [0.25, 0.3) is 0 Å². The molecule has 0 saturated heterocycles. The second-order valence-corrected chi connectivity index (χ2v) is 19.1. The highest BCUT2D eigenvalue weighted by atomic mass is 35.5. The number of amides is 1. The molecular formula is C41H53B3Cl3N3O14. The van der Waals surface area contributed by atoms with Crippen LogP contribution in [0.15, 0.2) is 36.4 Å². The maximum Gasteiger partial charge on any atom is 0.499 e. The number of halogens is 3. The molecule has 0 saturated carbocycles. The third-order valence-corrected chi connectivity index (χ3v) is 12.1. The molecule has 3 aromatic carbocycles. The zero-order chi connectivity index (χ0) is 46.4. The number of rotatable bonds is 7. The topological polar surface area (TPSA) is 234 Å². The first kappa shape index (κ1) is 48.9. The van der Waals surface area contributed by atoms with E-state index in [-0.39, 0.29) is 58.4 Å². The molecule has 346 valence electrons. The molecule has 17 nitrogen and oxygen atoms in total. The fourth-order valence-corrected chi connectivity index (χ4v) is 8.64. The van der Waals surface area contributed by atoms with E-state index in [1.54, 1.807) is 77.9 Å². The molecule has 23 heteroatoms. The summed E-state index contributed by atoms with van der Waals surface area (Å²) in [6.07, 6.45) is -1.67. The summed E-state index contributed by atoms with van der Waals surface area (Å²) in [5, 5.41) is 32.9. The minimum absolute atomic E-state index is 0.156. The molecule has 0 radical (unpaired) electrons. The lowest BCUT2D eigenvalue weighted by Crippen LogP contribution is -2.45. The Balaban J connectivity index is 0.000000146. The molecule has 0 bridgehead atoms. The maximum absolute atomic E-state index is 11.9. The van der Waals surface area contributed by atoms with Crippen molar-refractivity contribution in [3.05, 3.63) is 68.2 Å². The average Bonchev–Trinajstić information content (AvgIpc) is 3.84. The van der Waals surface area contributed by atoms with Gasteiger partial charge in [-0.2, -0.15) is 0 Å². The number of carbonyl (C=O) groups excluding carboxylic acids is 1. The number of alkyl carbamates (subject to hydrolysis) is 1. The van der Waals surface area contributed by atoms with Crippen LogP contribution < -0.4 is 47.4 Å². The lowest BCUT2D eigenvalue weighted by molar-refractivity contribution is -0.0271. The first-order valence-corrected chi connectivity index (χ1v) is 22.0. The van der Waals surface area contributed by atoms with Gasteiger partial charge in [0.05, 0.1) is 38.1 Å². The SMILES string of the molecule is CC(C)(C)OC(=O)NCC1OB2OC(C)(CO)COc3ccc(Cl)c1c32.C[C@@]1(CO)COc2ccc(Cl)c3c2B(O[C@@H]3CN)O1.C[C@]1(CO)COc2ccc(Cl)c3c2B(O[C@@H]3CN)O1. The van der Waals surface area contributed by atoms with E-state index < -0.39 is 56.0 Å². The Bertz CT molecular complexity index is 2120. The van der Waals surface area contributed by atoms with Crippen molar-refractivity contribution in [1.82, 2.24) is 5.32 Å². The molecule has 1 amide bonds. The summed E-state index contributed by atoms with van der Waals surface area (Å²) in [4.78, 5) is 11.9. The van der Waals surface area contributed by atoms with Gasteiger partial charge in [-0.3, -0.25) is 0 Å². The van der Waals surface area contributed by atoms with E-state index in [4.69, 9.17) is 93.1 Å². The Morgan fingerprint density at radius 1 is 0.656 bits per heavy atom. The summed E-state index contributed by atoms with van der Waals surface area (Å²) in [5.74, 6) is 1.96. The van der Waals surface area contributed by atoms with Gasteiger partial charge in [0.1, 0.15) is 59.5 Å². The number of ether oxygens (including phenoxy) is 4. The van der Waals surface area contributed by atoms with Crippen LogP contribution >= 0.6 is 34.8 Å². The Kier molecular flexibility index (Phi) is 14.7. The van der Waals surface area contributed by atoms with Crippen LogP contribution in [0.1, 0.15) is 76.5 Å². The molecule has 6 heterocycles. The lowest BCUT2D eigenvalue weighted by Gasteiger charge is -2.27. The molecule has 8 N–H and O–H groups in total. The molecule has 0 spiro atoms. The van der Waals surface area contributed by atoms with Crippen LogP contribution in [0.5, 0.6) is 17.2 Å². The molecule has 64 heavy (non-hydrogen) atoms. The van der Waals surface area contributed by atoms with Gasteiger partial charge in [-0.1, -0.05) is 34.8 Å². The molecule has 9 rings (SSSR count). The lowest BCUT2D eigenvalue weighted by atomic mass is 9.77. The first-order chi connectivity index (χ1) is 30.3. The number of carbonyl (C=O) groups is 1. The highest BCUT2D eigenvalue weighted by Crippen LogP contribution is 2.40. The van der Waals surface area contributed by atoms with Gasteiger partial charge in [-0.05, 0) is 77.9 Å². The van der Waals surface area contributed by atoms with Crippen molar-refractivity contribution in [3.8, 4) is 17.2 Å². The van der Waals surface area contributed by atoms with Gasteiger partial charge < -0.3 is 79.0 Å². The molecule has 0 fully saturated rings. The minimum atomic E-state index is -0.902. The van der Waals surface area contributed by atoms with Crippen LogP contribution in [0.4, 0.5) is 4.79 Å². The first-order valence-electron chi connectivity index (χ1n) is 20.8. The second-order valence-electron chi connectivity index (χ2n) is 17.9. The number of aliphatic hydroxyl groups excluding tert-OH is 3. The van der Waals surface area contributed by atoms with Crippen molar-refractivity contribution in [2.45, 2.75) is 82.3 Å². The summed E-state index contributed by atoms with van der Waals surface area (Å²) < 4.78 is 57.7. The molecule has 0 aliphatic carbocycles. The summed E-state index contributed by atoms with van der Waals surface area (Å²) in [5.41, 5.74) is 13.0. The van der Waals surface area contributed by atoms with Crippen LogP contribution in [0.3, 0.4) is 0 Å². The largest absolute Gasteiger partial charge is 0.499 e. The van der Waals surface area contributed by atoms with Crippen molar-refractivity contribution < 1.29 is 67.0 Å². The van der Waals surface area contributed by atoms with E-state index in [0.717, 1.165) is 22.1 Å². The Hall–Kier alpha value is -3.05. The van der Waals surface area contributed by atoms with E-state index in [0.29, 0.717) is 56.4 Å². The molecular weight excluding hydrogens is 897 g/mol. The van der Waals surface area contributed by atoms with Gasteiger partial charge in [0.2, 0.25) is 0 Å². The summed E-state index contributed by atoms with van der Waals surface area (Å²) >= 11 is 18.8. The highest BCUT2D eigenvalue weighted by molar-refractivity contribution is 6.66. The number of hydrogen-bond acceptors (Lipinski definition) is 16. The number of aliphatic hydroxyl groups is 3. The third-order valence-electron chi connectivity index (χ3n) is 11.2. The molecule has 6 aliphatic rings. The molecule has 0 aromatic heterocycles. The number of nitrogens with two attached hydrogens (primary N) is 2. The predicted molar refractivity (Wildman–Crippen MR) is 241 cm³/mol. The molecule has 2 unspecified atom stereocenters.